The van der Waals surface area contributed by atoms with E-state index < -0.39 is 15.9 Å². The summed E-state index contributed by atoms with van der Waals surface area (Å²) < 4.78 is 22.3. The Morgan fingerprint density at radius 1 is 0.950 bits per heavy atom. The second-order valence-corrected chi connectivity index (χ2v) is 7.20. The number of hydrogen-bond acceptors (Lipinski definition) is 3. The smallest absolute Gasteiger partial charge is 0.150 e. The van der Waals surface area contributed by atoms with Crippen LogP contribution < -0.4 is 0 Å². The van der Waals surface area contributed by atoms with Gasteiger partial charge in [-0.3, -0.25) is 0 Å². The van der Waals surface area contributed by atoms with Gasteiger partial charge in [0.05, 0.1) is 11.9 Å². The van der Waals surface area contributed by atoms with E-state index in [9.17, 15) is 13.5 Å². The predicted octanol–water partition coefficient (Wildman–Crippen LogP) is 2.36. The zero-order valence-corrected chi connectivity index (χ0v) is 12.2. The van der Waals surface area contributed by atoms with Crippen LogP contribution in [0.15, 0.2) is 54.6 Å². The number of rotatable bonds is 5. The molecule has 1 N–H and O–H groups in total. The molecule has 20 heavy (non-hydrogen) atoms. The summed E-state index contributed by atoms with van der Waals surface area (Å²) in [5.41, 5.74) is 2.98. The molecule has 0 aliphatic heterocycles. The topological polar surface area (TPSA) is 54.4 Å². The van der Waals surface area contributed by atoms with Crippen LogP contribution in [0.25, 0.3) is 0 Å². The van der Waals surface area contributed by atoms with E-state index in [1.807, 2.05) is 30.3 Å². The van der Waals surface area contributed by atoms with Gasteiger partial charge in [0.2, 0.25) is 0 Å². The average molecular weight is 290 g/mol. The molecule has 0 spiro atoms. The summed E-state index contributed by atoms with van der Waals surface area (Å²) in [6.45, 7) is 0. The largest absolute Gasteiger partial charge is 0.387 e. The molecule has 106 valence electrons. The molecule has 2 aromatic rings. The summed E-state index contributed by atoms with van der Waals surface area (Å²) in [6.07, 6.45) is 0.985. The van der Waals surface area contributed by atoms with Crippen LogP contribution in [0.5, 0.6) is 0 Å². The quantitative estimate of drug-likeness (QED) is 0.919. The van der Waals surface area contributed by atoms with Crippen molar-refractivity contribution in [3.05, 3.63) is 71.3 Å². The highest BCUT2D eigenvalue weighted by molar-refractivity contribution is 7.90. The zero-order chi connectivity index (χ0) is 14.6. The minimum absolute atomic E-state index is 0.245. The lowest BCUT2D eigenvalue weighted by atomic mass is 10.0. The first kappa shape index (κ1) is 14.8. The Hall–Kier alpha value is -1.65. The molecule has 0 aliphatic rings. The van der Waals surface area contributed by atoms with Gasteiger partial charge in [-0.1, -0.05) is 54.6 Å². The van der Waals surface area contributed by atoms with E-state index in [0.29, 0.717) is 5.56 Å². The van der Waals surface area contributed by atoms with Crippen molar-refractivity contribution < 1.29 is 13.5 Å². The fourth-order valence-corrected chi connectivity index (χ4v) is 2.84. The summed E-state index contributed by atoms with van der Waals surface area (Å²) in [7, 11) is -3.18. The number of aliphatic hydroxyl groups is 1. The first-order valence-corrected chi connectivity index (χ1v) is 8.49. The molecule has 1 atom stereocenters. The third kappa shape index (κ3) is 4.47. The van der Waals surface area contributed by atoms with Crippen molar-refractivity contribution in [2.75, 3.05) is 12.0 Å². The van der Waals surface area contributed by atoms with Crippen LogP contribution in [0.3, 0.4) is 0 Å². The predicted molar refractivity (Wildman–Crippen MR) is 80.4 cm³/mol. The summed E-state index contributed by atoms with van der Waals surface area (Å²) in [6, 6.07) is 17.5. The fraction of sp³-hybridized carbons (Fsp3) is 0.250. The van der Waals surface area contributed by atoms with Crippen molar-refractivity contribution in [2.45, 2.75) is 12.5 Å². The molecule has 0 aromatic heterocycles. The Morgan fingerprint density at radius 2 is 1.50 bits per heavy atom. The van der Waals surface area contributed by atoms with Gasteiger partial charge in [0.1, 0.15) is 9.84 Å². The lowest BCUT2D eigenvalue weighted by molar-refractivity contribution is 0.202. The molecular formula is C16H18O3S. The molecule has 0 heterocycles. The molecule has 0 saturated carbocycles. The summed E-state index contributed by atoms with van der Waals surface area (Å²) in [5, 5.41) is 9.86. The fourth-order valence-electron chi connectivity index (χ4n) is 2.07. The van der Waals surface area contributed by atoms with Crippen LogP contribution in [0.1, 0.15) is 22.8 Å². The highest BCUT2D eigenvalue weighted by Gasteiger charge is 2.14. The maximum atomic E-state index is 11.2. The van der Waals surface area contributed by atoms with Crippen molar-refractivity contribution in [1.29, 1.82) is 0 Å². The van der Waals surface area contributed by atoms with Gasteiger partial charge >= 0.3 is 0 Å². The molecule has 0 amide bonds. The summed E-state index contributed by atoms with van der Waals surface area (Å²) >= 11 is 0. The highest BCUT2D eigenvalue weighted by atomic mass is 32.2. The van der Waals surface area contributed by atoms with Crippen LogP contribution in [0.2, 0.25) is 0 Å². The van der Waals surface area contributed by atoms with Gasteiger partial charge in [-0.2, -0.15) is 0 Å². The van der Waals surface area contributed by atoms with Gasteiger partial charge in [-0.05, 0) is 23.1 Å². The monoisotopic (exact) mass is 290 g/mol. The molecule has 0 aliphatic carbocycles. The van der Waals surface area contributed by atoms with E-state index in [4.69, 9.17) is 0 Å². The minimum atomic E-state index is -3.18. The third-order valence-corrected chi connectivity index (χ3v) is 4.00. The molecule has 0 bridgehead atoms. The maximum Gasteiger partial charge on any atom is 0.150 e. The molecule has 2 aromatic carbocycles. The van der Waals surface area contributed by atoms with Gasteiger partial charge < -0.3 is 5.11 Å². The first-order chi connectivity index (χ1) is 9.44. The number of sulfone groups is 1. The first-order valence-electron chi connectivity index (χ1n) is 6.42. The van der Waals surface area contributed by atoms with E-state index in [0.717, 1.165) is 18.2 Å². The molecule has 0 radical (unpaired) electrons. The van der Waals surface area contributed by atoms with E-state index in [1.54, 1.807) is 12.1 Å². The van der Waals surface area contributed by atoms with Crippen molar-refractivity contribution in [1.82, 2.24) is 0 Å². The standard InChI is InChI=1S/C16H18O3S/c1-20(18,19)12-16(17)15-9-7-14(8-10-15)11-13-5-3-2-4-6-13/h2-10,16-17H,11-12H2,1H3. The van der Waals surface area contributed by atoms with Crippen LogP contribution in [0.4, 0.5) is 0 Å². The number of aliphatic hydroxyl groups excluding tert-OH is 1. The summed E-state index contributed by atoms with van der Waals surface area (Å²) in [4.78, 5) is 0. The Kier molecular flexibility index (Phi) is 4.57. The number of benzene rings is 2. The molecule has 2 rings (SSSR count). The van der Waals surface area contributed by atoms with Crippen LogP contribution in [0, 0.1) is 0 Å². The molecule has 1 unspecified atom stereocenters. The third-order valence-electron chi connectivity index (χ3n) is 3.08. The van der Waals surface area contributed by atoms with Crippen molar-refractivity contribution in [3.8, 4) is 0 Å². The Morgan fingerprint density at radius 3 is 2.05 bits per heavy atom. The van der Waals surface area contributed by atoms with E-state index in [1.165, 1.54) is 5.56 Å². The van der Waals surface area contributed by atoms with E-state index in [2.05, 4.69) is 12.1 Å². The SMILES string of the molecule is CS(=O)(=O)CC(O)c1ccc(Cc2ccccc2)cc1. The van der Waals surface area contributed by atoms with E-state index in [-0.39, 0.29) is 5.75 Å². The zero-order valence-electron chi connectivity index (χ0n) is 11.4. The van der Waals surface area contributed by atoms with Gasteiger partial charge in [-0.25, -0.2) is 8.42 Å². The van der Waals surface area contributed by atoms with E-state index >= 15 is 0 Å². The molecular weight excluding hydrogens is 272 g/mol. The maximum absolute atomic E-state index is 11.2. The minimum Gasteiger partial charge on any atom is -0.387 e. The lowest BCUT2D eigenvalue weighted by Crippen LogP contribution is -2.12. The van der Waals surface area contributed by atoms with Crippen molar-refractivity contribution in [3.63, 3.8) is 0 Å². The Bertz CT molecular complexity index is 646. The van der Waals surface area contributed by atoms with Crippen LogP contribution in [-0.4, -0.2) is 25.5 Å². The van der Waals surface area contributed by atoms with Crippen LogP contribution >= 0.6 is 0 Å². The molecule has 0 saturated heterocycles. The second kappa shape index (κ2) is 6.20. The number of hydrogen-bond donors (Lipinski definition) is 1. The normalized spacial score (nSPS) is 13.1. The highest BCUT2D eigenvalue weighted by Crippen LogP contribution is 2.17. The van der Waals surface area contributed by atoms with Gasteiger partial charge in [0.15, 0.2) is 0 Å². The van der Waals surface area contributed by atoms with Crippen molar-refractivity contribution in [2.24, 2.45) is 0 Å². The molecule has 0 fully saturated rings. The average Bonchev–Trinajstić information content (AvgIpc) is 2.39. The van der Waals surface area contributed by atoms with Gasteiger partial charge in [0, 0.05) is 6.26 Å². The van der Waals surface area contributed by atoms with Crippen LogP contribution in [-0.2, 0) is 16.3 Å². The second-order valence-electron chi connectivity index (χ2n) is 5.01. The molecule has 3 nitrogen and oxygen atoms in total. The van der Waals surface area contributed by atoms with Gasteiger partial charge in [0.25, 0.3) is 0 Å². The Labute approximate surface area is 119 Å². The lowest BCUT2D eigenvalue weighted by Gasteiger charge is -2.10. The molecule has 4 heteroatoms. The summed E-state index contributed by atoms with van der Waals surface area (Å²) in [5.74, 6) is -0.245. The van der Waals surface area contributed by atoms with Crippen molar-refractivity contribution >= 4 is 9.84 Å². The van der Waals surface area contributed by atoms with Gasteiger partial charge in [-0.15, -0.1) is 0 Å². The Balaban J connectivity index is 2.07.